The van der Waals surface area contributed by atoms with E-state index < -0.39 is 5.06 Å². The van der Waals surface area contributed by atoms with Crippen molar-refractivity contribution in [3.63, 3.8) is 0 Å². The summed E-state index contributed by atoms with van der Waals surface area (Å²) in [5.41, 5.74) is 0. The lowest BCUT2D eigenvalue weighted by molar-refractivity contribution is 0.121. The minimum absolute atomic E-state index is 0.0394. The van der Waals surface area contributed by atoms with Gasteiger partial charge in [0.2, 0.25) is 0 Å². The van der Waals surface area contributed by atoms with E-state index in [4.69, 9.17) is 5.11 Å². The van der Waals surface area contributed by atoms with Gasteiger partial charge in [-0.2, -0.15) is 12.6 Å². The van der Waals surface area contributed by atoms with Gasteiger partial charge < -0.3 is 5.11 Å². The second-order valence-electron chi connectivity index (χ2n) is 1.84. The second kappa shape index (κ2) is 2.96. The van der Waals surface area contributed by atoms with E-state index in [9.17, 15) is 0 Å². The van der Waals surface area contributed by atoms with Gasteiger partial charge in [-0.05, 0) is 13.8 Å². The number of nitrogens with one attached hydrogen (secondary N) is 1. The minimum Gasteiger partial charge on any atom is -0.367 e. The third-order valence-corrected chi connectivity index (χ3v) is 0.741. The SMILES string of the molecule is CC(S)NC(C)(O)S. The molecule has 0 radical (unpaired) electrons. The lowest BCUT2D eigenvalue weighted by Crippen LogP contribution is -2.39. The Balaban J connectivity index is 3.39. The Morgan fingerprint density at radius 3 is 2.12 bits per heavy atom. The molecule has 0 saturated carbocycles. The summed E-state index contributed by atoms with van der Waals surface area (Å²) in [5.74, 6) is 0. The van der Waals surface area contributed by atoms with E-state index in [2.05, 4.69) is 30.6 Å². The predicted octanol–water partition coefficient (Wildman–Crippen LogP) is 0.448. The largest absolute Gasteiger partial charge is 0.367 e. The second-order valence-corrected chi connectivity index (χ2v) is 3.49. The third-order valence-electron chi connectivity index (χ3n) is 0.482. The van der Waals surface area contributed by atoms with Crippen LogP contribution in [0, 0.1) is 0 Å². The highest BCUT2D eigenvalue weighted by atomic mass is 32.1. The van der Waals surface area contributed by atoms with Crippen molar-refractivity contribution in [1.29, 1.82) is 0 Å². The van der Waals surface area contributed by atoms with Gasteiger partial charge in [-0.1, -0.05) is 0 Å². The van der Waals surface area contributed by atoms with Crippen molar-refractivity contribution in [1.82, 2.24) is 5.32 Å². The Bertz CT molecular complexity index is 68.9. The van der Waals surface area contributed by atoms with Crippen LogP contribution in [0.25, 0.3) is 0 Å². The lowest BCUT2D eigenvalue weighted by atomic mass is 10.6. The first-order valence-electron chi connectivity index (χ1n) is 2.32. The summed E-state index contributed by atoms with van der Waals surface area (Å²) in [6.45, 7) is 3.36. The molecule has 0 saturated heterocycles. The van der Waals surface area contributed by atoms with Crippen LogP contribution >= 0.6 is 25.3 Å². The minimum atomic E-state index is -1.11. The molecule has 0 aromatic heterocycles. The molecule has 8 heavy (non-hydrogen) atoms. The van der Waals surface area contributed by atoms with Crippen LogP contribution in [0.15, 0.2) is 0 Å². The van der Waals surface area contributed by atoms with Gasteiger partial charge in [0, 0.05) is 0 Å². The molecule has 0 aliphatic heterocycles. The average Bonchev–Trinajstić information content (AvgIpc) is 1.21. The Kier molecular flexibility index (Phi) is 3.19. The normalized spacial score (nSPS) is 22.1. The van der Waals surface area contributed by atoms with Crippen LogP contribution in [0.3, 0.4) is 0 Å². The smallest absolute Gasteiger partial charge is 0.159 e. The van der Waals surface area contributed by atoms with Gasteiger partial charge in [0.05, 0.1) is 5.37 Å². The van der Waals surface area contributed by atoms with Crippen LogP contribution in [-0.4, -0.2) is 15.5 Å². The Morgan fingerprint density at radius 2 is 2.12 bits per heavy atom. The molecule has 2 nitrogen and oxygen atoms in total. The number of hydrogen-bond acceptors (Lipinski definition) is 4. The highest BCUT2D eigenvalue weighted by Gasteiger charge is 2.13. The zero-order valence-corrected chi connectivity index (χ0v) is 6.71. The van der Waals surface area contributed by atoms with E-state index in [1.807, 2.05) is 6.92 Å². The van der Waals surface area contributed by atoms with Gasteiger partial charge in [0.1, 0.15) is 0 Å². The van der Waals surface area contributed by atoms with Gasteiger partial charge in [-0.3, -0.25) is 5.32 Å². The number of hydrogen-bond donors (Lipinski definition) is 4. The van der Waals surface area contributed by atoms with E-state index in [1.165, 1.54) is 0 Å². The summed E-state index contributed by atoms with van der Waals surface area (Å²) in [6.07, 6.45) is 0. The summed E-state index contributed by atoms with van der Waals surface area (Å²) >= 11 is 7.76. The molecule has 0 bridgehead atoms. The molecule has 4 heteroatoms. The fourth-order valence-corrected chi connectivity index (χ4v) is 0.943. The number of aliphatic hydroxyl groups is 1. The fourth-order valence-electron chi connectivity index (χ4n) is 0.396. The van der Waals surface area contributed by atoms with E-state index in [-0.39, 0.29) is 5.37 Å². The Hall–Kier alpha value is 0.620. The highest BCUT2D eigenvalue weighted by Crippen LogP contribution is 2.04. The monoisotopic (exact) mass is 153 g/mol. The van der Waals surface area contributed by atoms with Gasteiger partial charge in [-0.15, -0.1) is 12.6 Å². The Labute approximate surface area is 60.5 Å². The van der Waals surface area contributed by atoms with Crippen molar-refractivity contribution in [3.05, 3.63) is 0 Å². The molecular formula is C4H11NOS2. The molecule has 0 aromatic carbocycles. The zero-order chi connectivity index (χ0) is 6.78. The number of thiol groups is 2. The molecule has 0 fully saturated rings. The third kappa shape index (κ3) is 6.62. The molecule has 0 spiro atoms. The maximum absolute atomic E-state index is 8.89. The van der Waals surface area contributed by atoms with Crippen molar-refractivity contribution in [3.8, 4) is 0 Å². The van der Waals surface area contributed by atoms with E-state index in [1.54, 1.807) is 6.92 Å². The molecule has 0 rings (SSSR count). The van der Waals surface area contributed by atoms with Crippen LogP contribution in [0.5, 0.6) is 0 Å². The molecular weight excluding hydrogens is 142 g/mol. The highest BCUT2D eigenvalue weighted by molar-refractivity contribution is 7.82. The summed E-state index contributed by atoms with van der Waals surface area (Å²) in [7, 11) is 0. The molecule has 0 heterocycles. The summed E-state index contributed by atoms with van der Waals surface area (Å²) < 4.78 is 0. The van der Waals surface area contributed by atoms with Gasteiger partial charge in [0.25, 0.3) is 0 Å². The van der Waals surface area contributed by atoms with Crippen molar-refractivity contribution < 1.29 is 5.11 Å². The molecule has 0 aliphatic carbocycles. The predicted molar refractivity (Wildman–Crippen MR) is 41.2 cm³/mol. The Morgan fingerprint density at radius 1 is 1.75 bits per heavy atom. The van der Waals surface area contributed by atoms with Crippen molar-refractivity contribution >= 4 is 25.3 Å². The maximum atomic E-state index is 8.89. The molecule has 2 atom stereocenters. The van der Waals surface area contributed by atoms with Crippen LogP contribution in [0.2, 0.25) is 0 Å². The van der Waals surface area contributed by atoms with Gasteiger partial charge in [0.15, 0.2) is 5.06 Å². The van der Waals surface area contributed by atoms with Crippen LogP contribution in [0.1, 0.15) is 13.8 Å². The fraction of sp³-hybridized carbons (Fsp3) is 1.00. The summed E-state index contributed by atoms with van der Waals surface area (Å²) in [5, 5.41) is 10.4. The molecule has 2 N–H and O–H groups in total. The molecule has 50 valence electrons. The topological polar surface area (TPSA) is 32.3 Å². The first kappa shape index (κ1) is 8.62. The van der Waals surface area contributed by atoms with E-state index in [0.717, 1.165) is 0 Å². The van der Waals surface area contributed by atoms with E-state index >= 15 is 0 Å². The van der Waals surface area contributed by atoms with Crippen molar-refractivity contribution in [2.45, 2.75) is 24.3 Å². The van der Waals surface area contributed by atoms with E-state index in [0.29, 0.717) is 0 Å². The first-order valence-corrected chi connectivity index (χ1v) is 3.29. The maximum Gasteiger partial charge on any atom is 0.159 e. The van der Waals surface area contributed by atoms with Gasteiger partial charge in [-0.25, -0.2) is 0 Å². The molecule has 0 amide bonds. The van der Waals surface area contributed by atoms with Crippen molar-refractivity contribution in [2.75, 3.05) is 0 Å². The molecule has 0 aromatic rings. The van der Waals surface area contributed by atoms with Crippen LogP contribution in [0.4, 0.5) is 0 Å². The number of rotatable bonds is 2. The van der Waals surface area contributed by atoms with Gasteiger partial charge >= 0.3 is 0 Å². The molecule has 0 aliphatic rings. The zero-order valence-electron chi connectivity index (χ0n) is 4.92. The average molecular weight is 153 g/mol. The lowest BCUT2D eigenvalue weighted by Gasteiger charge is -2.19. The summed E-state index contributed by atoms with van der Waals surface area (Å²) in [4.78, 5) is 0. The van der Waals surface area contributed by atoms with Crippen molar-refractivity contribution in [2.24, 2.45) is 0 Å². The summed E-state index contributed by atoms with van der Waals surface area (Å²) in [6, 6.07) is 0. The standard InChI is InChI=1S/C4H11NOS2/c1-3(7)5-4(2,6)8/h3,5-8H,1-2H3. The quantitative estimate of drug-likeness (QED) is 0.343. The van der Waals surface area contributed by atoms with Crippen LogP contribution < -0.4 is 5.32 Å². The van der Waals surface area contributed by atoms with Crippen LogP contribution in [-0.2, 0) is 0 Å². The first-order chi connectivity index (χ1) is 3.42. The molecule has 2 unspecified atom stereocenters.